The Bertz CT molecular complexity index is 1170. The van der Waals surface area contributed by atoms with E-state index in [0.29, 0.717) is 38.5 Å². The molecule has 8 heteroatoms. The molecule has 0 unspecified atom stereocenters. The van der Waals surface area contributed by atoms with Crippen LogP contribution in [0.5, 0.6) is 11.5 Å². The first-order valence-electron chi connectivity index (χ1n) is 9.41. The summed E-state index contributed by atoms with van der Waals surface area (Å²) in [7, 11) is 0. The summed E-state index contributed by atoms with van der Waals surface area (Å²) in [6.07, 6.45) is 0. The van der Waals surface area contributed by atoms with Crippen LogP contribution < -0.4 is 19.6 Å². The van der Waals surface area contributed by atoms with Gasteiger partial charge in [0.2, 0.25) is 0 Å². The standard InChI is InChI=1S/C21H24N2O5S/c1-6-27-15-10-13(8-9-14(15)24)17-16(20(26)28-7-2)12(5)23-19(25)18(11(3)4)29-21(23)22-17/h8-10,17,24H,6-7H2,1-5H3/t17-/m1/s1. The van der Waals surface area contributed by atoms with E-state index in [0.717, 1.165) is 5.57 Å². The number of esters is 1. The van der Waals surface area contributed by atoms with Crippen molar-refractivity contribution in [2.75, 3.05) is 13.2 Å². The third-order valence-corrected chi connectivity index (χ3v) is 5.83. The van der Waals surface area contributed by atoms with E-state index in [-0.39, 0.29) is 17.9 Å². The molecule has 1 aliphatic heterocycles. The Kier molecular flexibility index (Phi) is 5.93. The lowest BCUT2D eigenvalue weighted by atomic mass is 9.96. The second kappa shape index (κ2) is 8.24. The maximum atomic E-state index is 12.9. The van der Waals surface area contributed by atoms with Crippen LogP contribution in [0.4, 0.5) is 0 Å². The van der Waals surface area contributed by atoms with Crippen LogP contribution in [-0.2, 0) is 9.53 Å². The SMILES string of the molecule is CCOC(=O)C1=C(C)n2c(sc(=C(C)C)c2=O)=N[C@@H]1c1ccc(O)c(OCC)c1. The van der Waals surface area contributed by atoms with Crippen LogP contribution in [0.25, 0.3) is 11.3 Å². The molecular weight excluding hydrogens is 392 g/mol. The molecule has 1 atom stereocenters. The lowest BCUT2D eigenvalue weighted by Crippen LogP contribution is -2.35. The Labute approximate surface area is 172 Å². The topological polar surface area (TPSA) is 90.1 Å². The molecule has 29 heavy (non-hydrogen) atoms. The highest BCUT2D eigenvalue weighted by Gasteiger charge is 2.32. The number of phenolic OH excluding ortho intramolecular Hbond substituents is 1. The van der Waals surface area contributed by atoms with E-state index in [1.165, 1.54) is 22.0 Å². The average Bonchev–Trinajstić information content (AvgIpc) is 3.01. The zero-order valence-corrected chi connectivity index (χ0v) is 17.9. The number of nitrogens with zero attached hydrogens (tertiary/aromatic N) is 2. The lowest BCUT2D eigenvalue weighted by molar-refractivity contribution is -0.138. The lowest BCUT2D eigenvalue weighted by Gasteiger charge is -2.23. The van der Waals surface area contributed by atoms with Crippen LogP contribution in [0.3, 0.4) is 0 Å². The van der Waals surface area contributed by atoms with Crippen molar-refractivity contribution >= 4 is 28.6 Å². The Balaban J connectivity index is 2.31. The highest BCUT2D eigenvalue weighted by molar-refractivity contribution is 7.07. The van der Waals surface area contributed by atoms with Crippen LogP contribution in [0.2, 0.25) is 0 Å². The van der Waals surface area contributed by atoms with Gasteiger partial charge < -0.3 is 14.6 Å². The molecule has 3 rings (SSSR count). The molecule has 0 bridgehead atoms. The summed E-state index contributed by atoms with van der Waals surface area (Å²) in [5.74, 6) is -0.197. The Morgan fingerprint density at radius 2 is 2.00 bits per heavy atom. The number of rotatable bonds is 5. The van der Waals surface area contributed by atoms with Crippen molar-refractivity contribution in [3.8, 4) is 11.5 Å². The number of benzene rings is 1. The molecule has 1 N–H and O–H groups in total. The van der Waals surface area contributed by atoms with Gasteiger partial charge in [-0.3, -0.25) is 9.36 Å². The van der Waals surface area contributed by atoms with Crippen molar-refractivity contribution in [3.05, 3.63) is 49.0 Å². The number of thiazole rings is 1. The highest BCUT2D eigenvalue weighted by Crippen LogP contribution is 2.36. The van der Waals surface area contributed by atoms with E-state index in [1.54, 1.807) is 26.0 Å². The van der Waals surface area contributed by atoms with Gasteiger partial charge >= 0.3 is 5.97 Å². The van der Waals surface area contributed by atoms with Crippen LogP contribution in [-0.4, -0.2) is 28.9 Å². The van der Waals surface area contributed by atoms with Gasteiger partial charge in [0, 0.05) is 5.70 Å². The minimum atomic E-state index is -0.670. The fraction of sp³-hybridized carbons (Fsp3) is 0.381. The Morgan fingerprint density at radius 3 is 2.62 bits per heavy atom. The van der Waals surface area contributed by atoms with Gasteiger partial charge in [-0.1, -0.05) is 23.0 Å². The number of hydrogen-bond acceptors (Lipinski definition) is 7. The molecule has 0 saturated heterocycles. The van der Waals surface area contributed by atoms with Gasteiger partial charge in [0.1, 0.15) is 6.04 Å². The Morgan fingerprint density at radius 1 is 1.28 bits per heavy atom. The molecular formula is C21H24N2O5S. The predicted octanol–water partition coefficient (Wildman–Crippen LogP) is 2.37. The minimum absolute atomic E-state index is 0.0105. The van der Waals surface area contributed by atoms with Gasteiger partial charge in [0.05, 0.1) is 23.3 Å². The van der Waals surface area contributed by atoms with Crippen LogP contribution in [0, 0.1) is 0 Å². The van der Waals surface area contributed by atoms with Crippen molar-refractivity contribution in [2.45, 2.75) is 40.7 Å². The van der Waals surface area contributed by atoms with Gasteiger partial charge in [-0.2, -0.15) is 0 Å². The molecule has 1 aliphatic rings. The van der Waals surface area contributed by atoms with Crippen LogP contribution >= 0.6 is 11.3 Å². The zero-order valence-electron chi connectivity index (χ0n) is 17.1. The normalized spacial score (nSPS) is 15.6. The molecule has 1 aromatic heterocycles. The first kappa shape index (κ1) is 20.9. The second-order valence-electron chi connectivity index (χ2n) is 6.77. The maximum absolute atomic E-state index is 12.9. The molecule has 0 spiro atoms. The van der Waals surface area contributed by atoms with Crippen molar-refractivity contribution in [1.82, 2.24) is 4.57 Å². The first-order chi connectivity index (χ1) is 13.8. The summed E-state index contributed by atoms with van der Waals surface area (Å²) in [4.78, 5) is 30.9. The monoisotopic (exact) mass is 416 g/mol. The number of phenols is 1. The number of fused-ring (bicyclic) bond motifs is 1. The average molecular weight is 416 g/mol. The Hall–Kier alpha value is -2.87. The third kappa shape index (κ3) is 3.72. The van der Waals surface area contributed by atoms with E-state index in [9.17, 15) is 14.7 Å². The molecule has 0 amide bonds. The molecule has 2 heterocycles. The smallest absolute Gasteiger partial charge is 0.338 e. The summed E-state index contributed by atoms with van der Waals surface area (Å²) in [6, 6.07) is 4.20. The summed E-state index contributed by atoms with van der Waals surface area (Å²) in [5, 5.41) is 10.0. The van der Waals surface area contributed by atoms with Crippen LogP contribution in [0.1, 0.15) is 46.2 Å². The molecule has 1 aromatic carbocycles. The number of carbonyl (C=O) groups excluding carboxylic acids is 1. The predicted molar refractivity (Wildman–Crippen MR) is 112 cm³/mol. The quantitative estimate of drug-likeness (QED) is 0.756. The number of carbonyl (C=O) groups is 1. The van der Waals surface area contributed by atoms with E-state index in [1.807, 2.05) is 20.8 Å². The molecule has 2 aromatic rings. The largest absolute Gasteiger partial charge is 0.504 e. The fourth-order valence-corrected chi connectivity index (χ4v) is 4.27. The van der Waals surface area contributed by atoms with E-state index in [2.05, 4.69) is 0 Å². The number of ether oxygens (including phenoxy) is 2. The van der Waals surface area contributed by atoms with Crippen molar-refractivity contribution in [3.63, 3.8) is 0 Å². The van der Waals surface area contributed by atoms with Crippen molar-refractivity contribution in [1.29, 1.82) is 0 Å². The molecule has 0 aliphatic carbocycles. The minimum Gasteiger partial charge on any atom is -0.504 e. The highest BCUT2D eigenvalue weighted by atomic mass is 32.1. The summed E-state index contributed by atoms with van der Waals surface area (Å²) in [5.41, 5.74) is 2.17. The van der Waals surface area contributed by atoms with Crippen molar-refractivity contribution in [2.24, 2.45) is 4.99 Å². The van der Waals surface area contributed by atoms with Gasteiger partial charge in [0.25, 0.3) is 5.56 Å². The molecule has 154 valence electrons. The van der Waals surface area contributed by atoms with Crippen molar-refractivity contribution < 1.29 is 19.4 Å². The van der Waals surface area contributed by atoms with Gasteiger partial charge in [-0.25, -0.2) is 9.79 Å². The van der Waals surface area contributed by atoms with Crippen LogP contribution in [0.15, 0.2) is 33.6 Å². The molecule has 0 radical (unpaired) electrons. The van der Waals surface area contributed by atoms with Gasteiger partial charge in [0.15, 0.2) is 16.3 Å². The third-order valence-electron chi connectivity index (χ3n) is 4.57. The number of aromatic hydroxyl groups is 1. The van der Waals surface area contributed by atoms with E-state index >= 15 is 0 Å². The number of hydrogen-bond donors (Lipinski definition) is 1. The molecule has 7 nitrogen and oxygen atoms in total. The van der Waals surface area contributed by atoms with Gasteiger partial charge in [-0.15, -0.1) is 0 Å². The van der Waals surface area contributed by atoms with E-state index < -0.39 is 12.0 Å². The fourth-order valence-electron chi connectivity index (χ4n) is 3.24. The number of allylic oxidation sites excluding steroid dienone is 1. The van der Waals surface area contributed by atoms with Gasteiger partial charge in [-0.05, 0) is 52.3 Å². The zero-order chi connectivity index (χ0) is 21.3. The first-order valence-corrected chi connectivity index (χ1v) is 10.2. The number of aromatic nitrogens is 1. The van der Waals surface area contributed by atoms with E-state index in [4.69, 9.17) is 14.5 Å². The molecule has 0 saturated carbocycles. The second-order valence-corrected chi connectivity index (χ2v) is 7.74. The molecule has 0 fully saturated rings. The summed E-state index contributed by atoms with van der Waals surface area (Å²) in [6.45, 7) is 9.61. The maximum Gasteiger partial charge on any atom is 0.338 e. The summed E-state index contributed by atoms with van der Waals surface area (Å²) < 4.78 is 12.8. The summed E-state index contributed by atoms with van der Waals surface area (Å²) >= 11 is 1.30.